The van der Waals surface area contributed by atoms with Gasteiger partial charge in [0, 0.05) is 13.1 Å². The molecule has 0 radical (unpaired) electrons. The van der Waals surface area contributed by atoms with E-state index in [0.29, 0.717) is 23.1 Å². The number of halogens is 1. The summed E-state index contributed by atoms with van der Waals surface area (Å²) in [5, 5.41) is 3.18. The van der Waals surface area contributed by atoms with E-state index >= 15 is 0 Å². The molecule has 1 N–H and O–H groups in total. The number of amides is 2. The molecule has 0 aliphatic rings. The number of rotatable bonds is 9. The number of likely N-dealkylation sites (N-methyl/N-ethyl adjacent to an activating group) is 1. The van der Waals surface area contributed by atoms with Gasteiger partial charge in [-0.3, -0.25) is 9.59 Å². The van der Waals surface area contributed by atoms with Crippen LogP contribution in [0.1, 0.15) is 19.4 Å². The van der Waals surface area contributed by atoms with Crippen LogP contribution >= 0.6 is 11.6 Å². The molecule has 0 heterocycles. The van der Waals surface area contributed by atoms with Crippen LogP contribution < -0.4 is 14.8 Å². The van der Waals surface area contributed by atoms with E-state index in [4.69, 9.17) is 21.1 Å². The van der Waals surface area contributed by atoms with Gasteiger partial charge in [-0.15, -0.1) is 0 Å². The molecule has 0 fully saturated rings. The van der Waals surface area contributed by atoms with Crippen LogP contribution in [0.5, 0.6) is 11.5 Å². The van der Waals surface area contributed by atoms with Gasteiger partial charge in [0.05, 0.1) is 12.1 Å². The van der Waals surface area contributed by atoms with Gasteiger partial charge >= 0.3 is 0 Å². The van der Waals surface area contributed by atoms with Crippen molar-refractivity contribution in [2.75, 3.05) is 20.3 Å². The van der Waals surface area contributed by atoms with Crippen LogP contribution in [-0.2, 0) is 16.1 Å². The number of nitrogens with one attached hydrogen (secondary N) is 1. The maximum Gasteiger partial charge on any atom is 0.261 e. The summed E-state index contributed by atoms with van der Waals surface area (Å²) in [6, 6.07) is 13.6. The van der Waals surface area contributed by atoms with Crippen LogP contribution in [0.15, 0.2) is 48.5 Å². The highest BCUT2D eigenvalue weighted by molar-refractivity contribution is 6.32. The fraction of sp³-hybridized carbons (Fsp3) is 0.333. The minimum Gasteiger partial charge on any atom is -0.497 e. The van der Waals surface area contributed by atoms with Gasteiger partial charge in [-0.1, -0.05) is 35.9 Å². The standard InChI is InChI=1S/C21H25ClN2O4/c1-4-23-21(26)15(2)24(13-16-8-7-9-17(12-16)27-3)20(25)14-28-19-11-6-5-10-18(19)22/h5-12,15H,4,13-14H2,1-3H3,(H,23,26)/t15-/m0/s1. The highest BCUT2D eigenvalue weighted by Gasteiger charge is 2.26. The normalized spacial score (nSPS) is 11.4. The zero-order valence-electron chi connectivity index (χ0n) is 16.3. The van der Waals surface area contributed by atoms with Gasteiger partial charge in [0.15, 0.2) is 6.61 Å². The van der Waals surface area contributed by atoms with Crippen LogP contribution in [0, 0.1) is 0 Å². The monoisotopic (exact) mass is 404 g/mol. The summed E-state index contributed by atoms with van der Waals surface area (Å²) >= 11 is 6.08. The molecule has 0 unspecified atom stereocenters. The molecule has 0 aliphatic carbocycles. The van der Waals surface area contributed by atoms with Crippen molar-refractivity contribution in [3.05, 3.63) is 59.1 Å². The van der Waals surface area contributed by atoms with Crippen molar-refractivity contribution < 1.29 is 19.1 Å². The van der Waals surface area contributed by atoms with Crippen molar-refractivity contribution in [3.8, 4) is 11.5 Å². The number of nitrogens with zero attached hydrogens (tertiary/aromatic N) is 1. The summed E-state index contributed by atoms with van der Waals surface area (Å²) in [5.41, 5.74) is 0.849. The van der Waals surface area contributed by atoms with E-state index in [0.717, 1.165) is 5.56 Å². The number of ether oxygens (including phenoxy) is 2. The SMILES string of the molecule is CCNC(=O)[C@H](C)N(Cc1cccc(OC)c1)C(=O)COc1ccccc1Cl. The lowest BCUT2D eigenvalue weighted by Gasteiger charge is -2.28. The van der Waals surface area contributed by atoms with Gasteiger partial charge in [0.1, 0.15) is 17.5 Å². The molecular weight excluding hydrogens is 380 g/mol. The number of carbonyl (C=O) groups is 2. The topological polar surface area (TPSA) is 67.9 Å². The number of hydrogen-bond donors (Lipinski definition) is 1. The van der Waals surface area contributed by atoms with E-state index in [9.17, 15) is 9.59 Å². The molecular formula is C21H25ClN2O4. The predicted molar refractivity (Wildman–Crippen MR) is 109 cm³/mol. The van der Waals surface area contributed by atoms with Crippen LogP contribution in [0.25, 0.3) is 0 Å². The molecule has 150 valence electrons. The Hall–Kier alpha value is -2.73. The molecule has 0 saturated heterocycles. The summed E-state index contributed by atoms with van der Waals surface area (Å²) in [6.07, 6.45) is 0. The summed E-state index contributed by atoms with van der Waals surface area (Å²) < 4.78 is 10.8. The Morgan fingerprint density at radius 3 is 2.61 bits per heavy atom. The third-order valence-electron chi connectivity index (χ3n) is 4.19. The molecule has 7 heteroatoms. The lowest BCUT2D eigenvalue weighted by Crippen LogP contribution is -2.49. The van der Waals surface area contributed by atoms with Crippen LogP contribution in [0.4, 0.5) is 0 Å². The van der Waals surface area contributed by atoms with Crippen molar-refractivity contribution in [2.24, 2.45) is 0 Å². The first kappa shape index (κ1) is 21.6. The van der Waals surface area contributed by atoms with E-state index in [1.165, 1.54) is 4.90 Å². The Kier molecular flexibility index (Phi) is 8.14. The van der Waals surface area contributed by atoms with E-state index in [-0.39, 0.29) is 25.0 Å². The second-order valence-corrected chi connectivity index (χ2v) is 6.57. The maximum atomic E-state index is 12.9. The van der Waals surface area contributed by atoms with Crippen LogP contribution in [0.3, 0.4) is 0 Å². The molecule has 0 saturated carbocycles. The zero-order chi connectivity index (χ0) is 20.5. The Morgan fingerprint density at radius 1 is 1.18 bits per heavy atom. The molecule has 2 aromatic rings. The Balaban J connectivity index is 2.17. The van der Waals surface area contributed by atoms with Crippen molar-refractivity contribution in [1.82, 2.24) is 10.2 Å². The second kappa shape index (κ2) is 10.6. The summed E-state index contributed by atoms with van der Waals surface area (Å²) in [4.78, 5) is 26.7. The van der Waals surface area contributed by atoms with Gasteiger partial charge in [0.25, 0.3) is 5.91 Å². The minimum atomic E-state index is -0.659. The molecule has 0 aromatic heterocycles. The molecule has 2 aromatic carbocycles. The number of benzene rings is 2. The minimum absolute atomic E-state index is 0.225. The Labute approximate surface area is 170 Å². The highest BCUT2D eigenvalue weighted by Crippen LogP contribution is 2.23. The zero-order valence-corrected chi connectivity index (χ0v) is 17.0. The lowest BCUT2D eigenvalue weighted by atomic mass is 10.1. The molecule has 0 aliphatic heterocycles. The maximum absolute atomic E-state index is 12.9. The number of methoxy groups -OCH3 is 1. The van der Waals surface area contributed by atoms with Crippen molar-refractivity contribution in [1.29, 1.82) is 0 Å². The van der Waals surface area contributed by atoms with E-state index in [1.54, 1.807) is 38.3 Å². The quantitative estimate of drug-likeness (QED) is 0.696. The first-order valence-electron chi connectivity index (χ1n) is 9.03. The molecule has 2 rings (SSSR count). The number of para-hydroxylation sites is 1. The molecule has 0 bridgehead atoms. The Bertz CT molecular complexity index is 812. The van der Waals surface area contributed by atoms with Gasteiger partial charge < -0.3 is 19.7 Å². The average Bonchev–Trinajstić information content (AvgIpc) is 2.71. The van der Waals surface area contributed by atoms with E-state index < -0.39 is 6.04 Å². The summed E-state index contributed by atoms with van der Waals surface area (Å²) in [6.45, 7) is 4.04. The Morgan fingerprint density at radius 2 is 1.93 bits per heavy atom. The molecule has 1 atom stereocenters. The van der Waals surface area contributed by atoms with Crippen LogP contribution in [-0.4, -0.2) is 43.0 Å². The van der Waals surface area contributed by atoms with Gasteiger partial charge in [-0.05, 0) is 43.7 Å². The molecule has 6 nitrogen and oxygen atoms in total. The fourth-order valence-electron chi connectivity index (χ4n) is 2.66. The van der Waals surface area contributed by atoms with E-state index in [2.05, 4.69) is 5.32 Å². The third kappa shape index (κ3) is 5.89. The third-order valence-corrected chi connectivity index (χ3v) is 4.51. The highest BCUT2D eigenvalue weighted by atomic mass is 35.5. The molecule has 28 heavy (non-hydrogen) atoms. The first-order chi connectivity index (χ1) is 13.5. The second-order valence-electron chi connectivity index (χ2n) is 6.16. The smallest absolute Gasteiger partial charge is 0.261 e. The van der Waals surface area contributed by atoms with Crippen molar-refractivity contribution >= 4 is 23.4 Å². The van der Waals surface area contributed by atoms with Crippen LogP contribution in [0.2, 0.25) is 5.02 Å². The van der Waals surface area contributed by atoms with E-state index in [1.807, 2.05) is 31.2 Å². The number of hydrogen-bond acceptors (Lipinski definition) is 4. The van der Waals surface area contributed by atoms with Crippen molar-refractivity contribution in [2.45, 2.75) is 26.4 Å². The molecule has 0 spiro atoms. The largest absolute Gasteiger partial charge is 0.497 e. The van der Waals surface area contributed by atoms with Gasteiger partial charge in [-0.25, -0.2) is 0 Å². The average molecular weight is 405 g/mol. The molecule has 2 amide bonds. The first-order valence-corrected chi connectivity index (χ1v) is 9.41. The predicted octanol–water partition coefficient (Wildman–Crippen LogP) is 3.28. The van der Waals surface area contributed by atoms with Gasteiger partial charge in [0.2, 0.25) is 5.91 Å². The number of carbonyl (C=O) groups excluding carboxylic acids is 2. The summed E-state index contributed by atoms with van der Waals surface area (Å²) in [5.74, 6) is 0.561. The van der Waals surface area contributed by atoms with Gasteiger partial charge in [-0.2, -0.15) is 0 Å². The lowest BCUT2D eigenvalue weighted by molar-refractivity contribution is -0.142. The van der Waals surface area contributed by atoms with Crippen molar-refractivity contribution in [3.63, 3.8) is 0 Å². The fourth-order valence-corrected chi connectivity index (χ4v) is 2.85. The summed E-state index contributed by atoms with van der Waals surface area (Å²) in [7, 11) is 1.58.